The first kappa shape index (κ1) is 40.7. The first-order valence-corrected chi connectivity index (χ1v) is 25.7. The minimum atomic E-state index is -0.546. The summed E-state index contributed by atoms with van der Waals surface area (Å²) in [4.78, 5) is 5.17. The number of fused-ring (bicyclic) bond motifs is 17. The quantitative estimate of drug-likeness (QED) is 0.169. The molecule has 0 bridgehead atoms. The van der Waals surface area contributed by atoms with Crippen molar-refractivity contribution in [3.8, 4) is 33.4 Å². The van der Waals surface area contributed by atoms with Gasteiger partial charge in [-0.05, 0) is 148 Å². The van der Waals surface area contributed by atoms with Crippen molar-refractivity contribution in [2.45, 2.75) is 39.9 Å². The highest BCUT2D eigenvalue weighted by Crippen LogP contribution is 2.63. The number of nitrogens with zero attached hydrogens (tertiary/aromatic N) is 1. The Hall–Kier alpha value is -8.17. The summed E-state index contributed by atoms with van der Waals surface area (Å²) in [6, 6.07) is 94.3. The molecule has 0 unspecified atom stereocenters. The third-order valence-corrected chi connectivity index (χ3v) is 17.7. The summed E-state index contributed by atoms with van der Waals surface area (Å²) in [6.07, 6.45) is 0. The van der Waals surface area contributed by atoms with Crippen molar-refractivity contribution in [1.29, 1.82) is 0 Å². The maximum absolute atomic E-state index is 2.55. The number of anilines is 3. The molecule has 0 atom stereocenters. The van der Waals surface area contributed by atoms with Crippen molar-refractivity contribution in [3.05, 3.63) is 304 Å². The molecule has 0 amide bonds. The highest BCUT2D eigenvalue weighted by Gasteiger charge is 2.51. The van der Waals surface area contributed by atoms with Crippen LogP contribution in [0.1, 0.15) is 69.5 Å². The first-order valence-electron chi connectivity index (χ1n) is 24.9. The summed E-state index contributed by atoms with van der Waals surface area (Å²) in [5, 5.41) is 2.61. The molecule has 0 saturated heterocycles. The maximum atomic E-state index is 2.55. The van der Waals surface area contributed by atoms with Crippen LogP contribution >= 0.6 is 11.8 Å². The molecule has 1 nitrogen and oxygen atoms in total. The van der Waals surface area contributed by atoms with Crippen LogP contribution in [0.3, 0.4) is 0 Å². The molecule has 0 N–H and O–H groups in total. The molecule has 1 spiro atoms. The lowest BCUT2D eigenvalue weighted by atomic mass is 9.67. The van der Waals surface area contributed by atoms with Gasteiger partial charge in [0.2, 0.25) is 0 Å². The van der Waals surface area contributed by atoms with Crippen molar-refractivity contribution in [2.24, 2.45) is 0 Å². The van der Waals surface area contributed by atoms with E-state index in [0.717, 1.165) is 17.1 Å². The van der Waals surface area contributed by atoms with E-state index in [1.807, 2.05) is 11.8 Å². The second-order valence-corrected chi connectivity index (χ2v) is 21.4. The zero-order valence-corrected chi connectivity index (χ0v) is 40.3. The SMILES string of the molecule is CC1(C)c2cc(N(c3cccc(C4(c5ccccc5)c5ccccc5-c5ccccc54)c3)c3ccc4c(c3)C3(c5ccccc5Sc5ccccc53)c3ccccc3-4)ccc2-c2ccc3ccccc3c21. The average molecular weight is 922 g/mol. The van der Waals surface area contributed by atoms with Crippen LogP contribution in [0.2, 0.25) is 0 Å². The second-order valence-electron chi connectivity index (χ2n) is 20.3. The van der Waals surface area contributed by atoms with Gasteiger partial charge in [0.1, 0.15) is 0 Å². The fraction of sp³-hybridized carbons (Fsp3) is 0.0725. The Kier molecular flexibility index (Phi) is 8.55. The van der Waals surface area contributed by atoms with Gasteiger partial charge in [0.05, 0.1) is 10.8 Å². The van der Waals surface area contributed by atoms with Gasteiger partial charge in [-0.3, -0.25) is 0 Å². The normalized spacial score (nSPS) is 15.2. The molecule has 1 heterocycles. The Labute approximate surface area is 419 Å². The highest BCUT2D eigenvalue weighted by atomic mass is 32.2. The van der Waals surface area contributed by atoms with Gasteiger partial charge in [-0.2, -0.15) is 0 Å². The molecule has 0 saturated carbocycles. The predicted molar refractivity (Wildman–Crippen MR) is 295 cm³/mol. The van der Waals surface area contributed by atoms with Gasteiger partial charge in [-0.1, -0.05) is 226 Å². The van der Waals surface area contributed by atoms with E-state index in [9.17, 15) is 0 Å². The van der Waals surface area contributed by atoms with Gasteiger partial charge in [0, 0.05) is 32.3 Å². The van der Waals surface area contributed by atoms with Crippen LogP contribution in [0.4, 0.5) is 17.1 Å². The third-order valence-electron chi connectivity index (χ3n) is 16.6. The molecule has 11 aromatic rings. The zero-order chi connectivity index (χ0) is 47.1. The summed E-state index contributed by atoms with van der Waals surface area (Å²) in [5.41, 5.74) is 23.1. The number of hydrogen-bond acceptors (Lipinski definition) is 2. The van der Waals surface area contributed by atoms with Crippen LogP contribution in [0.15, 0.2) is 259 Å². The topological polar surface area (TPSA) is 3.24 Å². The molecule has 0 aromatic heterocycles. The molecule has 3 aliphatic carbocycles. The predicted octanol–water partition coefficient (Wildman–Crippen LogP) is 17.8. The van der Waals surface area contributed by atoms with Crippen LogP contribution in [-0.4, -0.2) is 0 Å². The van der Waals surface area contributed by atoms with E-state index in [2.05, 4.69) is 267 Å². The molecule has 15 rings (SSSR count). The fourth-order valence-electron chi connectivity index (χ4n) is 13.7. The van der Waals surface area contributed by atoms with Gasteiger partial charge in [0.15, 0.2) is 0 Å². The van der Waals surface area contributed by atoms with E-state index < -0.39 is 10.8 Å². The number of hydrogen-bond donors (Lipinski definition) is 0. The van der Waals surface area contributed by atoms with Crippen LogP contribution in [0.5, 0.6) is 0 Å². The lowest BCUT2D eigenvalue weighted by Gasteiger charge is -2.40. The average Bonchev–Trinajstić information content (AvgIpc) is 3.98. The minimum Gasteiger partial charge on any atom is -0.310 e. The second kappa shape index (κ2) is 14.9. The van der Waals surface area contributed by atoms with Gasteiger partial charge in [-0.25, -0.2) is 0 Å². The molecule has 334 valence electrons. The van der Waals surface area contributed by atoms with E-state index in [0.29, 0.717) is 0 Å². The maximum Gasteiger partial charge on any atom is 0.0736 e. The van der Waals surface area contributed by atoms with Gasteiger partial charge >= 0.3 is 0 Å². The Morgan fingerprint density at radius 2 is 0.775 bits per heavy atom. The summed E-state index contributed by atoms with van der Waals surface area (Å²) < 4.78 is 0. The monoisotopic (exact) mass is 921 g/mol. The van der Waals surface area contributed by atoms with Gasteiger partial charge in [0.25, 0.3) is 0 Å². The lowest BCUT2D eigenvalue weighted by Crippen LogP contribution is -2.32. The van der Waals surface area contributed by atoms with Crippen LogP contribution in [0, 0.1) is 0 Å². The van der Waals surface area contributed by atoms with Crippen molar-refractivity contribution in [1.82, 2.24) is 0 Å². The van der Waals surface area contributed by atoms with E-state index in [1.165, 1.54) is 110 Å². The molecule has 1 aliphatic heterocycles. The van der Waals surface area contributed by atoms with Gasteiger partial charge < -0.3 is 4.90 Å². The van der Waals surface area contributed by atoms with E-state index in [-0.39, 0.29) is 5.41 Å². The van der Waals surface area contributed by atoms with Crippen molar-refractivity contribution >= 4 is 39.6 Å². The zero-order valence-electron chi connectivity index (χ0n) is 39.5. The molecule has 0 fully saturated rings. The Balaban J connectivity index is 1.01. The molecule has 11 aromatic carbocycles. The Morgan fingerprint density at radius 1 is 0.310 bits per heavy atom. The van der Waals surface area contributed by atoms with E-state index in [4.69, 9.17) is 0 Å². The van der Waals surface area contributed by atoms with Crippen LogP contribution in [0.25, 0.3) is 44.2 Å². The molecular formula is C69H47NS. The molecule has 4 aliphatic rings. The Morgan fingerprint density at radius 3 is 1.42 bits per heavy atom. The smallest absolute Gasteiger partial charge is 0.0736 e. The fourth-order valence-corrected chi connectivity index (χ4v) is 14.9. The van der Waals surface area contributed by atoms with E-state index >= 15 is 0 Å². The van der Waals surface area contributed by atoms with Crippen LogP contribution < -0.4 is 4.90 Å². The molecular weight excluding hydrogens is 875 g/mol. The molecule has 71 heavy (non-hydrogen) atoms. The number of benzene rings is 11. The molecule has 0 radical (unpaired) electrons. The molecule has 2 heteroatoms. The van der Waals surface area contributed by atoms with Crippen molar-refractivity contribution < 1.29 is 0 Å². The summed E-state index contributed by atoms with van der Waals surface area (Å²) in [5.74, 6) is 0. The lowest BCUT2D eigenvalue weighted by molar-refractivity contribution is 0.666. The summed E-state index contributed by atoms with van der Waals surface area (Å²) in [7, 11) is 0. The first-order chi connectivity index (χ1) is 35.0. The largest absolute Gasteiger partial charge is 0.310 e. The number of rotatable bonds is 5. The summed E-state index contributed by atoms with van der Waals surface area (Å²) in [6.45, 7) is 4.84. The standard InChI is InChI=1S/C69H47NS/c1-67(2)62-42-48(37-40-55(62)56-38-35-44-19-6-7-24-50(44)66(56)67)70(47-23-18-22-46(41-47)68(45-20-4-3-5-21-45)57-28-11-8-25-51(57)52-26-9-12-29-58(52)68)49-36-39-54-53-27-10-13-30-59(53)69(63(54)43-49)60-31-14-16-33-64(60)71-65-34-17-15-32-61(65)69/h3-43H,1-2H3. The van der Waals surface area contributed by atoms with Gasteiger partial charge in [-0.15, -0.1) is 0 Å². The minimum absolute atomic E-state index is 0.236. The third kappa shape index (κ3) is 5.38. The van der Waals surface area contributed by atoms with E-state index in [1.54, 1.807) is 0 Å². The van der Waals surface area contributed by atoms with Crippen LogP contribution in [-0.2, 0) is 16.2 Å². The highest BCUT2D eigenvalue weighted by molar-refractivity contribution is 7.99. The summed E-state index contributed by atoms with van der Waals surface area (Å²) >= 11 is 1.89. The van der Waals surface area contributed by atoms with Crippen molar-refractivity contribution in [3.63, 3.8) is 0 Å². The van der Waals surface area contributed by atoms with Crippen molar-refractivity contribution in [2.75, 3.05) is 4.90 Å². The Bertz CT molecular complexity index is 3940.